The van der Waals surface area contributed by atoms with Crippen molar-refractivity contribution in [2.24, 2.45) is 0 Å². The molecule has 0 radical (unpaired) electrons. The maximum absolute atomic E-state index is 13.1. The summed E-state index contributed by atoms with van der Waals surface area (Å²) in [6, 6.07) is 6.57. The second-order valence-electron chi connectivity index (χ2n) is 8.33. The smallest absolute Gasteiger partial charge is 0.416 e. The molecular weight excluding hydrogens is 469 g/mol. The van der Waals surface area contributed by atoms with E-state index in [1.54, 1.807) is 19.1 Å². The van der Waals surface area contributed by atoms with Gasteiger partial charge in [-0.15, -0.1) is 0 Å². The second kappa shape index (κ2) is 9.81. The third-order valence-electron chi connectivity index (χ3n) is 5.66. The number of hydrogen-bond acceptors (Lipinski definition) is 3. The number of rotatable bonds is 5. The lowest BCUT2D eigenvalue weighted by Crippen LogP contribution is -2.58. The Morgan fingerprint density at radius 2 is 1.47 bits per heavy atom. The van der Waals surface area contributed by atoms with E-state index in [-0.39, 0.29) is 24.0 Å². The van der Waals surface area contributed by atoms with Crippen LogP contribution in [0.5, 0.6) is 5.75 Å². The van der Waals surface area contributed by atoms with Crippen LogP contribution in [-0.4, -0.2) is 47.5 Å². The van der Waals surface area contributed by atoms with E-state index in [4.69, 9.17) is 4.74 Å². The largest absolute Gasteiger partial charge is 0.484 e. The van der Waals surface area contributed by atoms with Crippen molar-refractivity contribution in [3.8, 4) is 5.75 Å². The van der Waals surface area contributed by atoms with Gasteiger partial charge in [0.05, 0.1) is 11.1 Å². The molecule has 1 fully saturated rings. The minimum atomic E-state index is -5.01. The van der Waals surface area contributed by atoms with Crippen molar-refractivity contribution < 1.29 is 40.3 Å². The molecule has 1 aliphatic rings. The molecule has 0 aromatic heterocycles. The van der Waals surface area contributed by atoms with E-state index in [2.05, 4.69) is 4.90 Å². The minimum Gasteiger partial charge on any atom is -0.484 e. The number of halogens is 7. The van der Waals surface area contributed by atoms with E-state index in [0.29, 0.717) is 31.8 Å². The lowest BCUT2D eigenvalue weighted by Gasteiger charge is -2.44. The highest BCUT2D eigenvalue weighted by atomic mass is 19.4. The normalized spacial score (nSPS) is 19.9. The van der Waals surface area contributed by atoms with Crippen molar-refractivity contribution in [1.82, 2.24) is 9.80 Å². The van der Waals surface area contributed by atoms with Crippen molar-refractivity contribution in [3.63, 3.8) is 0 Å². The van der Waals surface area contributed by atoms with Crippen LogP contribution in [0.25, 0.3) is 0 Å². The molecule has 11 heteroatoms. The molecule has 0 spiro atoms. The molecule has 3 rings (SSSR count). The fourth-order valence-electron chi connectivity index (χ4n) is 3.83. The molecule has 1 heterocycles. The van der Waals surface area contributed by atoms with Crippen LogP contribution >= 0.6 is 0 Å². The first-order valence-electron chi connectivity index (χ1n) is 10.4. The van der Waals surface area contributed by atoms with Gasteiger partial charge in [-0.2, -0.15) is 26.3 Å². The summed E-state index contributed by atoms with van der Waals surface area (Å²) in [5.74, 6) is -1.58. The number of carbonyl (C=O) groups is 1. The molecule has 1 amide bonds. The fourth-order valence-corrected chi connectivity index (χ4v) is 3.83. The van der Waals surface area contributed by atoms with Crippen molar-refractivity contribution in [3.05, 3.63) is 65.0 Å². The van der Waals surface area contributed by atoms with Crippen LogP contribution in [0.1, 0.15) is 30.5 Å². The van der Waals surface area contributed by atoms with Gasteiger partial charge in [-0.05, 0) is 49.7 Å². The number of ether oxygens (including phenoxy) is 1. The molecule has 0 saturated carbocycles. The number of amides is 1. The SMILES string of the molecule is C[C@@H]1CN(Cc2ccc(F)cc2)[C@@H](C)CN1C(=O)COc1cc(C(F)(F)F)cc(C(F)(F)F)c1. The average molecular weight is 492 g/mol. The van der Waals surface area contributed by atoms with Gasteiger partial charge in [0.1, 0.15) is 11.6 Å². The Balaban J connectivity index is 1.65. The van der Waals surface area contributed by atoms with E-state index in [9.17, 15) is 35.5 Å². The molecule has 2 aromatic rings. The highest BCUT2D eigenvalue weighted by Crippen LogP contribution is 2.38. The number of piperazine rings is 1. The van der Waals surface area contributed by atoms with Gasteiger partial charge in [0.15, 0.2) is 6.61 Å². The van der Waals surface area contributed by atoms with Crippen molar-refractivity contribution >= 4 is 5.91 Å². The molecule has 2 atom stereocenters. The third kappa shape index (κ3) is 6.40. The summed E-state index contributed by atoms with van der Waals surface area (Å²) in [6.07, 6.45) is -10.0. The standard InChI is InChI=1S/C23H23F7N2O2/c1-14-11-32(15(2)10-31(14)12-16-3-5-19(24)6-4-16)21(33)13-34-20-8-17(22(25,26)27)7-18(9-20)23(28,29)30/h3-9,14-15H,10-13H2,1-2H3/t14-,15+/m0/s1. The molecular formula is C23H23F7N2O2. The Morgan fingerprint density at radius 1 is 0.912 bits per heavy atom. The van der Waals surface area contributed by atoms with Gasteiger partial charge >= 0.3 is 12.4 Å². The Labute approximate surface area is 191 Å². The van der Waals surface area contributed by atoms with E-state index in [1.807, 2.05) is 6.92 Å². The van der Waals surface area contributed by atoms with E-state index in [1.165, 1.54) is 17.0 Å². The van der Waals surface area contributed by atoms with Gasteiger partial charge in [0.2, 0.25) is 0 Å². The molecule has 0 N–H and O–H groups in total. The minimum absolute atomic E-state index is 0.00121. The predicted octanol–water partition coefficient (Wildman–Crippen LogP) is 5.36. The van der Waals surface area contributed by atoms with E-state index >= 15 is 0 Å². The highest BCUT2D eigenvalue weighted by Gasteiger charge is 2.37. The molecule has 0 bridgehead atoms. The van der Waals surface area contributed by atoms with Crippen LogP contribution in [0.2, 0.25) is 0 Å². The summed E-state index contributed by atoms with van der Waals surface area (Å²) in [5, 5.41) is 0. The molecule has 1 aliphatic heterocycles. The third-order valence-corrected chi connectivity index (χ3v) is 5.66. The number of benzene rings is 2. The summed E-state index contributed by atoms with van der Waals surface area (Å²) in [7, 11) is 0. The van der Waals surface area contributed by atoms with Gasteiger partial charge < -0.3 is 9.64 Å². The van der Waals surface area contributed by atoms with Gasteiger partial charge in [-0.3, -0.25) is 9.69 Å². The zero-order valence-electron chi connectivity index (χ0n) is 18.4. The number of alkyl halides is 6. The van der Waals surface area contributed by atoms with Crippen LogP contribution in [-0.2, 0) is 23.7 Å². The van der Waals surface area contributed by atoms with Crippen molar-refractivity contribution in [1.29, 1.82) is 0 Å². The first kappa shape index (κ1) is 25.8. The van der Waals surface area contributed by atoms with E-state index in [0.717, 1.165) is 5.56 Å². The number of hydrogen-bond donors (Lipinski definition) is 0. The Hall–Kier alpha value is -2.82. The van der Waals surface area contributed by atoms with Crippen LogP contribution in [0.4, 0.5) is 30.7 Å². The summed E-state index contributed by atoms with van der Waals surface area (Å²) in [6.45, 7) is 4.28. The summed E-state index contributed by atoms with van der Waals surface area (Å²) in [4.78, 5) is 16.3. The Morgan fingerprint density at radius 3 is 2.00 bits per heavy atom. The molecule has 4 nitrogen and oxygen atoms in total. The molecule has 1 saturated heterocycles. The monoisotopic (exact) mass is 492 g/mol. The zero-order chi connectivity index (χ0) is 25.3. The van der Waals surface area contributed by atoms with Crippen molar-refractivity contribution in [2.75, 3.05) is 19.7 Å². The zero-order valence-corrected chi connectivity index (χ0v) is 18.4. The lowest BCUT2D eigenvalue weighted by atomic mass is 10.1. The van der Waals surface area contributed by atoms with Gasteiger partial charge in [0, 0.05) is 31.7 Å². The van der Waals surface area contributed by atoms with Crippen LogP contribution in [0.3, 0.4) is 0 Å². The Kier molecular flexibility index (Phi) is 7.44. The quantitative estimate of drug-likeness (QED) is 0.527. The number of nitrogens with zero attached hydrogens (tertiary/aromatic N) is 2. The van der Waals surface area contributed by atoms with Crippen molar-refractivity contribution in [2.45, 2.75) is 44.8 Å². The Bertz CT molecular complexity index is 974. The maximum atomic E-state index is 13.1. The fraction of sp³-hybridized carbons (Fsp3) is 0.435. The molecule has 186 valence electrons. The molecule has 0 unspecified atom stereocenters. The highest BCUT2D eigenvalue weighted by molar-refractivity contribution is 5.78. The lowest BCUT2D eigenvalue weighted by molar-refractivity contribution is -0.143. The molecule has 34 heavy (non-hydrogen) atoms. The second-order valence-corrected chi connectivity index (χ2v) is 8.33. The molecule has 2 aromatic carbocycles. The average Bonchev–Trinajstić information content (AvgIpc) is 2.74. The van der Waals surface area contributed by atoms with Crippen LogP contribution in [0, 0.1) is 5.82 Å². The first-order valence-corrected chi connectivity index (χ1v) is 10.4. The van der Waals surface area contributed by atoms with Crippen LogP contribution < -0.4 is 4.74 Å². The first-order chi connectivity index (χ1) is 15.7. The molecule has 0 aliphatic carbocycles. The van der Waals surface area contributed by atoms with Gasteiger partial charge in [-0.1, -0.05) is 12.1 Å². The van der Waals surface area contributed by atoms with Crippen LogP contribution in [0.15, 0.2) is 42.5 Å². The number of carbonyl (C=O) groups excluding carboxylic acids is 1. The van der Waals surface area contributed by atoms with Gasteiger partial charge in [-0.25, -0.2) is 4.39 Å². The topological polar surface area (TPSA) is 32.8 Å². The predicted molar refractivity (Wildman–Crippen MR) is 109 cm³/mol. The maximum Gasteiger partial charge on any atom is 0.416 e. The van der Waals surface area contributed by atoms with Gasteiger partial charge in [0.25, 0.3) is 5.91 Å². The summed E-state index contributed by atoms with van der Waals surface area (Å²) >= 11 is 0. The van der Waals surface area contributed by atoms with E-state index < -0.39 is 41.7 Å². The summed E-state index contributed by atoms with van der Waals surface area (Å²) in [5.41, 5.74) is -2.13. The summed E-state index contributed by atoms with van der Waals surface area (Å²) < 4.78 is 96.3.